The fraction of sp³-hybridized carbons (Fsp3) is 0.667. The zero-order valence-electron chi connectivity index (χ0n) is 23.4. The van der Waals surface area contributed by atoms with Gasteiger partial charge >= 0.3 is 5.97 Å². The maximum absolute atomic E-state index is 14.7. The number of fused-ring (bicyclic) bond motifs is 3. The molecule has 2 fully saturated rings. The SMILES string of the molecule is CC1=CC23C(=O)[C@@H](C=C4COC(C)(C)O[C@H]4[C@]2(O)[C@H]1OC(=O)c1c(C)coc1C)C(C)(C)[C@@H](C)CC3C. The van der Waals surface area contributed by atoms with E-state index in [-0.39, 0.29) is 29.6 Å². The summed E-state index contributed by atoms with van der Waals surface area (Å²) in [6.07, 6.45) is 4.13. The van der Waals surface area contributed by atoms with Crippen LogP contribution in [0.2, 0.25) is 0 Å². The van der Waals surface area contributed by atoms with Crippen molar-refractivity contribution < 1.29 is 33.3 Å². The number of carbonyl (C=O) groups excluding carboxylic acids is 2. The van der Waals surface area contributed by atoms with Gasteiger partial charge in [0.25, 0.3) is 0 Å². The summed E-state index contributed by atoms with van der Waals surface area (Å²) in [6.45, 7) is 17.6. The van der Waals surface area contributed by atoms with Gasteiger partial charge < -0.3 is 23.7 Å². The Morgan fingerprint density at radius 1 is 1.11 bits per heavy atom. The molecule has 0 aromatic carbocycles. The second-order valence-electron chi connectivity index (χ2n) is 12.8. The first-order valence-corrected chi connectivity index (χ1v) is 13.3. The average Bonchev–Trinajstić information content (AvgIpc) is 3.21. The van der Waals surface area contributed by atoms with Gasteiger partial charge in [0.05, 0.1) is 18.3 Å². The normalized spacial score (nSPS) is 40.1. The highest BCUT2D eigenvalue weighted by Gasteiger charge is 2.74. The van der Waals surface area contributed by atoms with E-state index >= 15 is 0 Å². The van der Waals surface area contributed by atoms with E-state index in [0.29, 0.717) is 22.5 Å². The lowest BCUT2D eigenvalue weighted by Gasteiger charge is -2.52. The molecule has 7 heteroatoms. The molecule has 5 rings (SSSR count). The summed E-state index contributed by atoms with van der Waals surface area (Å²) >= 11 is 0. The van der Waals surface area contributed by atoms with Gasteiger partial charge in [-0.3, -0.25) is 4.79 Å². The lowest BCUT2D eigenvalue weighted by atomic mass is 9.59. The Bertz CT molecular complexity index is 1200. The molecule has 37 heavy (non-hydrogen) atoms. The molecule has 1 saturated carbocycles. The van der Waals surface area contributed by atoms with Crippen molar-refractivity contribution >= 4 is 11.8 Å². The van der Waals surface area contributed by atoms with Gasteiger partial charge in [-0.2, -0.15) is 0 Å². The first-order valence-electron chi connectivity index (χ1n) is 13.3. The highest BCUT2D eigenvalue weighted by atomic mass is 16.7. The molecule has 202 valence electrons. The summed E-state index contributed by atoms with van der Waals surface area (Å²) in [4.78, 5) is 28.3. The van der Waals surface area contributed by atoms with Gasteiger partial charge in [-0.1, -0.05) is 39.8 Å². The van der Waals surface area contributed by atoms with Crippen LogP contribution >= 0.6 is 0 Å². The number of Topliss-reactive ketones (excluding diaryl/α,β-unsaturated/α-hetero) is 1. The summed E-state index contributed by atoms with van der Waals surface area (Å²) < 4.78 is 24.1. The van der Waals surface area contributed by atoms with Crippen molar-refractivity contribution in [3.05, 3.63) is 46.4 Å². The van der Waals surface area contributed by atoms with Crippen molar-refractivity contribution in [2.75, 3.05) is 6.61 Å². The number of aliphatic hydroxyl groups is 1. The molecule has 2 unspecified atom stereocenters. The van der Waals surface area contributed by atoms with Crippen molar-refractivity contribution in [1.29, 1.82) is 0 Å². The topological polar surface area (TPSA) is 95.2 Å². The Morgan fingerprint density at radius 2 is 1.78 bits per heavy atom. The molecule has 0 amide bonds. The van der Waals surface area contributed by atoms with E-state index < -0.39 is 40.9 Å². The Kier molecular flexibility index (Phi) is 5.81. The first kappa shape index (κ1) is 26.4. The molecule has 1 aromatic rings. The highest BCUT2D eigenvalue weighted by Crippen LogP contribution is 2.63. The third kappa shape index (κ3) is 3.43. The van der Waals surface area contributed by atoms with E-state index in [0.717, 1.165) is 12.0 Å². The van der Waals surface area contributed by atoms with Crippen molar-refractivity contribution in [2.45, 2.75) is 92.3 Å². The van der Waals surface area contributed by atoms with Crippen LogP contribution in [0, 0.1) is 42.4 Å². The Balaban J connectivity index is 1.73. The maximum atomic E-state index is 14.7. The number of carbonyl (C=O) groups is 2. The summed E-state index contributed by atoms with van der Waals surface area (Å²) in [5.41, 5.74) is -1.15. The molecule has 1 aliphatic heterocycles. The lowest BCUT2D eigenvalue weighted by molar-refractivity contribution is -0.302. The molecule has 1 saturated heterocycles. The van der Waals surface area contributed by atoms with Gasteiger partial charge in [-0.05, 0) is 69.4 Å². The largest absolute Gasteiger partial charge is 0.468 e. The Labute approximate surface area is 219 Å². The average molecular weight is 513 g/mol. The predicted molar refractivity (Wildman–Crippen MR) is 137 cm³/mol. The van der Waals surface area contributed by atoms with Crippen LogP contribution in [0.15, 0.2) is 34.0 Å². The van der Waals surface area contributed by atoms with E-state index in [1.807, 2.05) is 26.0 Å². The number of ether oxygens (including phenoxy) is 3. The van der Waals surface area contributed by atoms with E-state index in [2.05, 4.69) is 20.8 Å². The minimum Gasteiger partial charge on any atom is -0.468 e. The third-order valence-electron chi connectivity index (χ3n) is 9.87. The van der Waals surface area contributed by atoms with Crippen LogP contribution in [0.25, 0.3) is 0 Å². The van der Waals surface area contributed by atoms with Gasteiger partial charge in [0.1, 0.15) is 17.4 Å². The zero-order valence-corrected chi connectivity index (χ0v) is 23.4. The third-order valence-corrected chi connectivity index (χ3v) is 9.87. The monoisotopic (exact) mass is 512 g/mol. The lowest BCUT2D eigenvalue weighted by Crippen LogP contribution is -2.68. The first-order chi connectivity index (χ1) is 17.1. The molecule has 1 aromatic heterocycles. The summed E-state index contributed by atoms with van der Waals surface area (Å²) in [5, 5.41) is 13.1. The van der Waals surface area contributed by atoms with Gasteiger partial charge in [0, 0.05) is 11.5 Å². The number of ketones is 1. The van der Waals surface area contributed by atoms with Crippen LogP contribution in [0.5, 0.6) is 0 Å². The van der Waals surface area contributed by atoms with Crippen LogP contribution in [-0.4, -0.2) is 47.1 Å². The Morgan fingerprint density at radius 3 is 2.41 bits per heavy atom. The van der Waals surface area contributed by atoms with Gasteiger partial charge in [0.15, 0.2) is 23.3 Å². The standard InChI is InChI=1S/C30H40O7/c1-15-12-29-18(4)10-17(3)27(6,7)21(23(29)31)11-20-14-35-28(8,9)37-25(20)30(29,33)24(15)36-26(32)22-16(2)13-34-19(22)5/h11-13,17-18,21,24-25,33H,10,14H2,1-9H3/t17-,18?,21+,24-,25+,29?,30+/m0/s1. The Hall–Kier alpha value is -2.22. The molecule has 7 nitrogen and oxygen atoms in total. The fourth-order valence-corrected chi connectivity index (χ4v) is 7.40. The molecule has 2 bridgehead atoms. The molecule has 7 atom stereocenters. The molecule has 1 spiro atoms. The highest BCUT2D eigenvalue weighted by molar-refractivity contribution is 5.96. The molecule has 3 aliphatic carbocycles. The number of furan rings is 1. The van der Waals surface area contributed by atoms with Crippen LogP contribution in [0.3, 0.4) is 0 Å². The number of esters is 1. The van der Waals surface area contributed by atoms with Gasteiger partial charge in [0.2, 0.25) is 0 Å². The number of hydrogen-bond acceptors (Lipinski definition) is 7. The molecular weight excluding hydrogens is 472 g/mol. The van der Waals surface area contributed by atoms with E-state index in [1.54, 1.807) is 27.7 Å². The van der Waals surface area contributed by atoms with Crippen molar-refractivity contribution in [3.8, 4) is 0 Å². The minimum absolute atomic E-state index is 0.0475. The molecule has 2 heterocycles. The van der Waals surface area contributed by atoms with Crippen LogP contribution in [-0.2, 0) is 19.0 Å². The summed E-state index contributed by atoms with van der Waals surface area (Å²) in [5.74, 6) is -1.65. The quantitative estimate of drug-likeness (QED) is 0.436. The summed E-state index contributed by atoms with van der Waals surface area (Å²) in [6, 6.07) is 0. The minimum atomic E-state index is -1.85. The molecule has 1 N–H and O–H groups in total. The van der Waals surface area contributed by atoms with E-state index in [4.69, 9.17) is 18.6 Å². The number of aryl methyl sites for hydroxylation is 2. The van der Waals surface area contributed by atoms with E-state index in [9.17, 15) is 14.7 Å². The molecule has 0 radical (unpaired) electrons. The number of allylic oxidation sites excluding steroid dienone is 1. The van der Waals surface area contributed by atoms with Gasteiger partial charge in [-0.25, -0.2) is 4.79 Å². The van der Waals surface area contributed by atoms with Crippen LogP contribution in [0.4, 0.5) is 0 Å². The van der Waals surface area contributed by atoms with Crippen molar-refractivity contribution in [3.63, 3.8) is 0 Å². The smallest absolute Gasteiger partial charge is 0.342 e. The second kappa shape index (κ2) is 8.14. The number of hydrogen-bond donors (Lipinski definition) is 1. The van der Waals surface area contributed by atoms with Crippen molar-refractivity contribution in [1.82, 2.24) is 0 Å². The molecular formula is C30H40O7. The summed E-state index contributed by atoms with van der Waals surface area (Å²) in [7, 11) is 0. The molecule has 4 aliphatic rings. The zero-order chi connectivity index (χ0) is 27.3. The van der Waals surface area contributed by atoms with Gasteiger partial charge in [-0.15, -0.1) is 0 Å². The fourth-order valence-electron chi connectivity index (χ4n) is 7.40. The second-order valence-corrected chi connectivity index (χ2v) is 12.8. The maximum Gasteiger partial charge on any atom is 0.342 e. The van der Waals surface area contributed by atoms with Crippen LogP contribution < -0.4 is 0 Å². The van der Waals surface area contributed by atoms with E-state index in [1.165, 1.54) is 6.26 Å². The predicted octanol–water partition coefficient (Wildman–Crippen LogP) is 5.08. The van der Waals surface area contributed by atoms with Crippen LogP contribution in [0.1, 0.15) is 76.6 Å². The number of rotatable bonds is 2. The van der Waals surface area contributed by atoms with Crippen molar-refractivity contribution in [2.24, 2.45) is 28.6 Å².